The van der Waals surface area contributed by atoms with Gasteiger partial charge in [-0.3, -0.25) is 5.10 Å². The first-order chi connectivity index (χ1) is 6.86. The van der Waals surface area contributed by atoms with Crippen molar-refractivity contribution in [2.24, 2.45) is 5.73 Å². The molecule has 3 rings (SSSR count). The molecule has 0 spiro atoms. The molecule has 0 saturated heterocycles. The highest BCUT2D eigenvalue weighted by molar-refractivity contribution is 5.31. The molecule has 0 bridgehead atoms. The molecule has 5 nitrogen and oxygen atoms in total. The van der Waals surface area contributed by atoms with Gasteiger partial charge in [-0.25, -0.2) is 9.50 Å². The Bertz CT molecular complexity index is 419. The zero-order valence-electron chi connectivity index (χ0n) is 7.90. The van der Waals surface area contributed by atoms with E-state index in [2.05, 4.69) is 15.1 Å². The van der Waals surface area contributed by atoms with Crippen LogP contribution in [0.5, 0.6) is 0 Å². The van der Waals surface area contributed by atoms with Gasteiger partial charge in [-0.15, -0.1) is 0 Å². The number of fused-ring (bicyclic) bond motifs is 1. The molecule has 2 heterocycles. The third-order valence-corrected chi connectivity index (χ3v) is 2.56. The van der Waals surface area contributed by atoms with Crippen LogP contribution >= 0.6 is 0 Å². The van der Waals surface area contributed by atoms with Crippen molar-refractivity contribution in [3.63, 3.8) is 0 Å². The van der Waals surface area contributed by atoms with E-state index in [9.17, 15) is 0 Å². The Kier molecular flexibility index (Phi) is 1.61. The van der Waals surface area contributed by atoms with Gasteiger partial charge in [0.25, 0.3) is 5.78 Å². The molecule has 0 unspecified atom stereocenters. The summed E-state index contributed by atoms with van der Waals surface area (Å²) < 4.78 is 1.89. The third kappa shape index (κ3) is 1.21. The van der Waals surface area contributed by atoms with Gasteiger partial charge >= 0.3 is 0 Å². The standard InChI is InChI=1S/C9H13N5/c10-4-3-7-5-14-9(11-7)12-8(13-14)6-1-2-6/h5-6H,1-4,10H2,(H,11,12,13). The van der Waals surface area contributed by atoms with E-state index in [1.54, 1.807) is 0 Å². The van der Waals surface area contributed by atoms with Crippen molar-refractivity contribution in [2.75, 3.05) is 6.54 Å². The predicted octanol–water partition coefficient (Wildman–Crippen LogP) is 0.436. The number of nitrogens with one attached hydrogen (secondary N) is 1. The first-order valence-corrected chi connectivity index (χ1v) is 5.01. The number of rotatable bonds is 3. The molecule has 2 aromatic heterocycles. The van der Waals surface area contributed by atoms with Crippen molar-refractivity contribution in [3.05, 3.63) is 17.7 Å². The second-order valence-electron chi connectivity index (χ2n) is 3.82. The van der Waals surface area contributed by atoms with Gasteiger partial charge in [-0.1, -0.05) is 0 Å². The second kappa shape index (κ2) is 2.81. The second-order valence-corrected chi connectivity index (χ2v) is 3.82. The van der Waals surface area contributed by atoms with Gasteiger partial charge in [-0.05, 0) is 19.4 Å². The summed E-state index contributed by atoms with van der Waals surface area (Å²) in [7, 11) is 0. The Balaban J connectivity index is 1.97. The van der Waals surface area contributed by atoms with Crippen molar-refractivity contribution in [3.8, 4) is 0 Å². The maximum Gasteiger partial charge on any atom is 0.250 e. The van der Waals surface area contributed by atoms with Crippen LogP contribution in [0, 0.1) is 0 Å². The van der Waals surface area contributed by atoms with Gasteiger partial charge in [0.2, 0.25) is 0 Å². The topological polar surface area (TPSA) is 72.0 Å². The van der Waals surface area contributed by atoms with Gasteiger partial charge in [0, 0.05) is 12.3 Å². The summed E-state index contributed by atoms with van der Waals surface area (Å²) >= 11 is 0. The van der Waals surface area contributed by atoms with Crippen LogP contribution in [0.3, 0.4) is 0 Å². The van der Waals surface area contributed by atoms with E-state index in [0.717, 1.165) is 23.7 Å². The average molecular weight is 191 g/mol. The van der Waals surface area contributed by atoms with E-state index in [0.29, 0.717) is 12.5 Å². The first-order valence-electron chi connectivity index (χ1n) is 5.01. The van der Waals surface area contributed by atoms with Crippen LogP contribution in [0.2, 0.25) is 0 Å². The van der Waals surface area contributed by atoms with Crippen LogP contribution in [0.25, 0.3) is 5.78 Å². The van der Waals surface area contributed by atoms with Crippen LogP contribution in [-0.2, 0) is 6.42 Å². The molecule has 14 heavy (non-hydrogen) atoms. The number of H-pyrrole nitrogens is 1. The van der Waals surface area contributed by atoms with Gasteiger partial charge in [-0.2, -0.15) is 4.98 Å². The van der Waals surface area contributed by atoms with E-state index < -0.39 is 0 Å². The monoisotopic (exact) mass is 191 g/mol. The SMILES string of the molecule is NCCc1cn2[nH]c(C3CC3)nc2n1. The van der Waals surface area contributed by atoms with E-state index in [1.165, 1.54) is 12.8 Å². The predicted molar refractivity (Wildman–Crippen MR) is 52.1 cm³/mol. The fraction of sp³-hybridized carbons (Fsp3) is 0.556. The van der Waals surface area contributed by atoms with Crippen LogP contribution in [0.4, 0.5) is 0 Å². The Morgan fingerprint density at radius 1 is 1.50 bits per heavy atom. The number of nitrogens with two attached hydrogens (primary N) is 1. The minimum absolute atomic E-state index is 0.635. The highest BCUT2D eigenvalue weighted by atomic mass is 15.3. The van der Waals surface area contributed by atoms with Crippen molar-refractivity contribution in [1.82, 2.24) is 19.6 Å². The molecule has 0 aliphatic heterocycles. The zero-order chi connectivity index (χ0) is 9.54. The average Bonchev–Trinajstić information content (AvgIpc) is 2.82. The number of aromatic amines is 1. The lowest BCUT2D eigenvalue weighted by molar-refractivity contribution is 0.869. The molecule has 0 aromatic carbocycles. The minimum Gasteiger partial charge on any atom is -0.330 e. The van der Waals surface area contributed by atoms with E-state index in [-0.39, 0.29) is 0 Å². The highest BCUT2D eigenvalue weighted by Crippen LogP contribution is 2.38. The molecule has 74 valence electrons. The van der Waals surface area contributed by atoms with Gasteiger partial charge < -0.3 is 5.73 Å². The normalized spacial score (nSPS) is 16.6. The van der Waals surface area contributed by atoms with Crippen molar-refractivity contribution >= 4 is 5.78 Å². The van der Waals surface area contributed by atoms with Crippen molar-refractivity contribution in [1.29, 1.82) is 0 Å². The molecule has 1 aliphatic carbocycles. The molecule has 0 radical (unpaired) electrons. The van der Waals surface area contributed by atoms with E-state index in [4.69, 9.17) is 5.73 Å². The maximum atomic E-state index is 5.46. The lowest BCUT2D eigenvalue weighted by Gasteiger charge is -1.89. The Morgan fingerprint density at radius 3 is 3.00 bits per heavy atom. The summed E-state index contributed by atoms with van der Waals surface area (Å²) in [5.74, 6) is 2.50. The molecular weight excluding hydrogens is 178 g/mol. The summed E-state index contributed by atoms with van der Waals surface area (Å²) in [6.07, 6.45) is 5.30. The fourth-order valence-corrected chi connectivity index (χ4v) is 1.64. The van der Waals surface area contributed by atoms with Gasteiger partial charge in [0.05, 0.1) is 11.9 Å². The number of hydrogen-bond donors (Lipinski definition) is 2. The lowest BCUT2D eigenvalue weighted by Crippen LogP contribution is -2.02. The molecule has 0 amide bonds. The zero-order valence-corrected chi connectivity index (χ0v) is 7.90. The summed E-state index contributed by atoms with van der Waals surface area (Å²) in [4.78, 5) is 8.81. The summed E-state index contributed by atoms with van der Waals surface area (Å²) in [6.45, 7) is 0.635. The molecule has 2 aromatic rings. The maximum absolute atomic E-state index is 5.46. The molecule has 1 fully saturated rings. The molecule has 1 aliphatic rings. The number of nitrogens with zero attached hydrogens (tertiary/aromatic N) is 3. The van der Waals surface area contributed by atoms with Crippen LogP contribution in [0.1, 0.15) is 30.3 Å². The minimum atomic E-state index is 0.635. The van der Waals surface area contributed by atoms with Crippen molar-refractivity contribution in [2.45, 2.75) is 25.2 Å². The number of aromatic nitrogens is 4. The lowest BCUT2D eigenvalue weighted by atomic mass is 10.3. The van der Waals surface area contributed by atoms with Crippen LogP contribution in [0.15, 0.2) is 6.20 Å². The van der Waals surface area contributed by atoms with Crippen LogP contribution < -0.4 is 5.73 Å². The Hall–Kier alpha value is -1.36. The summed E-state index contributed by atoms with van der Waals surface area (Å²) in [5, 5.41) is 3.24. The number of hydrogen-bond acceptors (Lipinski definition) is 3. The van der Waals surface area contributed by atoms with Gasteiger partial charge in [0.15, 0.2) is 0 Å². The fourth-order valence-electron chi connectivity index (χ4n) is 1.64. The molecular formula is C9H13N5. The Labute approximate surface area is 81.3 Å². The molecule has 1 saturated carbocycles. The number of imidazole rings is 1. The van der Waals surface area contributed by atoms with E-state index >= 15 is 0 Å². The molecule has 0 atom stereocenters. The van der Waals surface area contributed by atoms with E-state index in [1.807, 2.05) is 10.7 Å². The van der Waals surface area contributed by atoms with Crippen molar-refractivity contribution < 1.29 is 0 Å². The third-order valence-electron chi connectivity index (χ3n) is 2.56. The molecule has 5 heteroatoms. The first kappa shape index (κ1) is 7.99. The summed E-state index contributed by atoms with van der Waals surface area (Å²) in [6, 6.07) is 0. The largest absolute Gasteiger partial charge is 0.330 e. The summed E-state index contributed by atoms with van der Waals surface area (Å²) in [5.41, 5.74) is 6.47. The molecule has 3 N–H and O–H groups in total. The highest BCUT2D eigenvalue weighted by Gasteiger charge is 2.27. The smallest absolute Gasteiger partial charge is 0.250 e. The quantitative estimate of drug-likeness (QED) is 0.739. The van der Waals surface area contributed by atoms with Crippen LogP contribution in [-0.4, -0.2) is 26.1 Å². The van der Waals surface area contributed by atoms with Gasteiger partial charge in [0.1, 0.15) is 5.82 Å². The Morgan fingerprint density at radius 2 is 2.36 bits per heavy atom.